The smallest absolute Gasteiger partial charge is 0.254 e. The Hall–Kier alpha value is -2.12. The molecule has 0 saturated carbocycles. The van der Waals surface area contributed by atoms with Crippen LogP contribution >= 0.6 is 0 Å². The summed E-state index contributed by atoms with van der Waals surface area (Å²) >= 11 is 0. The van der Waals surface area contributed by atoms with Crippen LogP contribution in [0.25, 0.3) is 0 Å². The minimum absolute atomic E-state index is 0.0233. The number of nitriles is 1. The zero-order valence-corrected chi connectivity index (χ0v) is 10.9. The third-order valence-electron chi connectivity index (χ3n) is 3.16. The van der Waals surface area contributed by atoms with Gasteiger partial charge in [-0.1, -0.05) is 12.1 Å². The summed E-state index contributed by atoms with van der Waals surface area (Å²) in [6, 6.07) is 8.87. The molecule has 4 nitrogen and oxygen atoms in total. The van der Waals surface area contributed by atoms with E-state index in [-0.39, 0.29) is 5.91 Å². The third kappa shape index (κ3) is 3.21. The Kier molecular flexibility index (Phi) is 4.32. The first-order valence-corrected chi connectivity index (χ1v) is 6.21. The van der Waals surface area contributed by atoms with Crippen LogP contribution in [0, 0.1) is 11.3 Å². The molecule has 98 valence electrons. The van der Waals surface area contributed by atoms with Crippen molar-refractivity contribution in [3.8, 4) is 6.07 Å². The molecule has 0 fully saturated rings. The molecule has 19 heavy (non-hydrogen) atoms. The Bertz CT molecular complexity index is 543. The predicted octanol–water partition coefficient (Wildman–Crippen LogP) is 1.98. The van der Waals surface area contributed by atoms with Gasteiger partial charge in [0.25, 0.3) is 5.91 Å². The standard InChI is InChI=1S/C15H16N2O2/c1-19-11-12-5-7-17(8-6-12)15(18)14-4-2-3-13(9-14)10-16/h2-5,9H,6-8,11H2,1H3. The highest BCUT2D eigenvalue weighted by Crippen LogP contribution is 2.14. The molecule has 0 bridgehead atoms. The molecule has 0 atom stereocenters. The van der Waals surface area contributed by atoms with Crippen molar-refractivity contribution in [3.05, 3.63) is 47.0 Å². The van der Waals surface area contributed by atoms with E-state index < -0.39 is 0 Å². The molecule has 0 N–H and O–H groups in total. The summed E-state index contributed by atoms with van der Waals surface area (Å²) in [7, 11) is 1.67. The lowest BCUT2D eigenvalue weighted by Crippen LogP contribution is -2.35. The van der Waals surface area contributed by atoms with Gasteiger partial charge in [0.1, 0.15) is 0 Å². The van der Waals surface area contributed by atoms with Crippen molar-refractivity contribution in [1.29, 1.82) is 5.26 Å². The largest absolute Gasteiger partial charge is 0.380 e. The van der Waals surface area contributed by atoms with E-state index in [1.807, 2.05) is 12.1 Å². The fourth-order valence-corrected chi connectivity index (χ4v) is 2.12. The molecule has 1 amide bonds. The molecule has 1 aromatic carbocycles. The Morgan fingerprint density at radius 3 is 3.00 bits per heavy atom. The number of methoxy groups -OCH3 is 1. The lowest BCUT2D eigenvalue weighted by molar-refractivity contribution is 0.0765. The number of amides is 1. The average Bonchev–Trinajstić information content (AvgIpc) is 2.48. The number of carbonyl (C=O) groups excluding carboxylic acids is 1. The highest BCUT2D eigenvalue weighted by Gasteiger charge is 2.18. The van der Waals surface area contributed by atoms with E-state index in [0.29, 0.717) is 30.8 Å². The number of hydrogen-bond acceptors (Lipinski definition) is 3. The SMILES string of the molecule is COCC1=CCN(C(=O)c2cccc(C#N)c2)CC1. The van der Waals surface area contributed by atoms with Gasteiger partial charge in [-0.15, -0.1) is 0 Å². The van der Waals surface area contributed by atoms with Gasteiger partial charge in [-0.25, -0.2) is 0 Å². The van der Waals surface area contributed by atoms with Crippen molar-refractivity contribution < 1.29 is 9.53 Å². The first kappa shape index (κ1) is 13.3. The second-order valence-corrected chi connectivity index (χ2v) is 4.49. The first-order valence-electron chi connectivity index (χ1n) is 6.21. The van der Waals surface area contributed by atoms with E-state index >= 15 is 0 Å². The van der Waals surface area contributed by atoms with Crippen LogP contribution < -0.4 is 0 Å². The lowest BCUT2D eigenvalue weighted by atomic mass is 10.1. The van der Waals surface area contributed by atoms with Crippen molar-refractivity contribution in [3.63, 3.8) is 0 Å². The maximum absolute atomic E-state index is 12.3. The van der Waals surface area contributed by atoms with Gasteiger partial charge < -0.3 is 9.64 Å². The van der Waals surface area contributed by atoms with Gasteiger partial charge in [0, 0.05) is 25.8 Å². The second kappa shape index (κ2) is 6.17. The third-order valence-corrected chi connectivity index (χ3v) is 3.16. The fraction of sp³-hybridized carbons (Fsp3) is 0.333. The normalized spacial score (nSPS) is 14.7. The highest BCUT2D eigenvalue weighted by molar-refractivity contribution is 5.94. The van der Waals surface area contributed by atoms with Gasteiger partial charge in [-0.05, 0) is 30.2 Å². The molecular formula is C15H16N2O2. The summed E-state index contributed by atoms with van der Waals surface area (Å²) in [6.07, 6.45) is 2.89. The van der Waals surface area contributed by atoms with Crippen molar-refractivity contribution in [1.82, 2.24) is 4.90 Å². The van der Waals surface area contributed by atoms with E-state index in [1.54, 1.807) is 36.3 Å². The summed E-state index contributed by atoms with van der Waals surface area (Å²) in [6.45, 7) is 1.94. The zero-order chi connectivity index (χ0) is 13.7. The number of carbonyl (C=O) groups is 1. The highest BCUT2D eigenvalue weighted by atomic mass is 16.5. The maximum Gasteiger partial charge on any atom is 0.254 e. The van der Waals surface area contributed by atoms with Crippen LogP contribution in [0.4, 0.5) is 0 Å². The molecule has 1 aliphatic rings. The molecule has 0 saturated heterocycles. The van der Waals surface area contributed by atoms with Gasteiger partial charge in [-0.2, -0.15) is 5.26 Å². The fourth-order valence-electron chi connectivity index (χ4n) is 2.12. The first-order chi connectivity index (χ1) is 9.24. The molecule has 0 radical (unpaired) electrons. The number of ether oxygens (including phenoxy) is 1. The van der Waals surface area contributed by atoms with Crippen molar-refractivity contribution >= 4 is 5.91 Å². The molecule has 0 aromatic heterocycles. The number of rotatable bonds is 3. The Labute approximate surface area is 112 Å². The lowest BCUT2D eigenvalue weighted by Gasteiger charge is -2.26. The average molecular weight is 256 g/mol. The Morgan fingerprint density at radius 2 is 2.37 bits per heavy atom. The molecule has 0 aliphatic carbocycles. The van der Waals surface area contributed by atoms with Crippen LogP contribution in [-0.2, 0) is 4.74 Å². The van der Waals surface area contributed by atoms with E-state index in [0.717, 1.165) is 6.42 Å². The summed E-state index contributed by atoms with van der Waals surface area (Å²) in [4.78, 5) is 14.1. The van der Waals surface area contributed by atoms with Gasteiger partial charge in [-0.3, -0.25) is 4.79 Å². The van der Waals surface area contributed by atoms with Crippen molar-refractivity contribution in [2.24, 2.45) is 0 Å². The molecule has 4 heteroatoms. The van der Waals surface area contributed by atoms with E-state index in [9.17, 15) is 4.79 Å². The van der Waals surface area contributed by atoms with E-state index in [1.165, 1.54) is 5.57 Å². The monoisotopic (exact) mass is 256 g/mol. The van der Waals surface area contributed by atoms with Crippen LogP contribution in [0.3, 0.4) is 0 Å². The molecule has 0 spiro atoms. The maximum atomic E-state index is 12.3. The van der Waals surface area contributed by atoms with Crippen LogP contribution in [0.2, 0.25) is 0 Å². The van der Waals surface area contributed by atoms with Gasteiger partial charge >= 0.3 is 0 Å². The Morgan fingerprint density at radius 1 is 1.53 bits per heavy atom. The van der Waals surface area contributed by atoms with Crippen LogP contribution in [0.1, 0.15) is 22.3 Å². The molecule has 1 aromatic rings. The van der Waals surface area contributed by atoms with Crippen LogP contribution in [-0.4, -0.2) is 37.6 Å². The van der Waals surface area contributed by atoms with Gasteiger partial charge in [0.15, 0.2) is 0 Å². The minimum atomic E-state index is -0.0233. The van der Waals surface area contributed by atoms with E-state index in [2.05, 4.69) is 0 Å². The van der Waals surface area contributed by atoms with Crippen LogP contribution in [0.15, 0.2) is 35.9 Å². The topological polar surface area (TPSA) is 53.3 Å². The van der Waals surface area contributed by atoms with Gasteiger partial charge in [0.2, 0.25) is 0 Å². The quantitative estimate of drug-likeness (QED) is 0.777. The molecule has 1 aliphatic heterocycles. The summed E-state index contributed by atoms with van der Waals surface area (Å²) in [5.74, 6) is -0.0233. The second-order valence-electron chi connectivity index (χ2n) is 4.49. The van der Waals surface area contributed by atoms with Crippen molar-refractivity contribution in [2.75, 3.05) is 26.8 Å². The predicted molar refractivity (Wildman–Crippen MR) is 71.6 cm³/mol. The molecule has 0 unspecified atom stereocenters. The van der Waals surface area contributed by atoms with Crippen molar-refractivity contribution in [2.45, 2.75) is 6.42 Å². The minimum Gasteiger partial charge on any atom is -0.380 e. The Balaban J connectivity index is 2.07. The van der Waals surface area contributed by atoms with Gasteiger partial charge in [0.05, 0.1) is 18.2 Å². The summed E-state index contributed by atoms with van der Waals surface area (Å²) in [5.41, 5.74) is 2.32. The van der Waals surface area contributed by atoms with Crippen LogP contribution in [0.5, 0.6) is 0 Å². The summed E-state index contributed by atoms with van der Waals surface area (Å²) < 4.78 is 5.08. The zero-order valence-electron chi connectivity index (χ0n) is 10.9. The number of nitrogens with zero attached hydrogens (tertiary/aromatic N) is 2. The number of benzene rings is 1. The van der Waals surface area contributed by atoms with E-state index in [4.69, 9.17) is 10.00 Å². The molecular weight excluding hydrogens is 240 g/mol. The molecule has 1 heterocycles. The molecule has 2 rings (SSSR count). The summed E-state index contributed by atoms with van der Waals surface area (Å²) in [5, 5.41) is 8.85. The number of hydrogen-bond donors (Lipinski definition) is 0.